The van der Waals surface area contributed by atoms with E-state index >= 15 is 0 Å². The predicted molar refractivity (Wildman–Crippen MR) is 102 cm³/mol. The van der Waals surface area contributed by atoms with E-state index in [-0.39, 0.29) is 17.9 Å². The predicted octanol–water partition coefficient (Wildman–Crippen LogP) is 2.19. The number of nitrogens with one attached hydrogen (secondary N) is 2. The number of para-hydroxylation sites is 1. The maximum Gasteiger partial charge on any atom is 0.258 e. The Balaban J connectivity index is 1.60. The molecule has 3 rings (SSSR count). The van der Waals surface area contributed by atoms with Crippen LogP contribution in [0.1, 0.15) is 17.8 Å². The van der Waals surface area contributed by atoms with Crippen LogP contribution in [0.15, 0.2) is 47.3 Å². The number of fused-ring (bicyclic) bond motifs is 1. The molecule has 3 aromatic rings. The summed E-state index contributed by atoms with van der Waals surface area (Å²) in [4.78, 5) is 31.4. The molecule has 7 nitrogen and oxygen atoms in total. The number of hydrogen-bond acceptors (Lipinski definition) is 5. The molecule has 1 aromatic heterocycles. The zero-order valence-electron chi connectivity index (χ0n) is 15.2. The number of carbonyl (C=O) groups excluding carboxylic acids is 1. The maximum absolute atomic E-state index is 12.2. The van der Waals surface area contributed by atoms with Crippen molar-refractivity contribution in [2.75, 3.05) is 14.2 Å². The average Bonchev–Trinajstić information content (AvgIpc) is 2.70. The molecule has 27 heavy (non-hydrogen) atoms. The molecule has 0 aliphatic rings. The zero-order valence-corrected chi connectivity index (χ0v) is 15.2. The highest BCUT2D eigenvalue weighted by atomic mass is 16.5. The summed E-state index contributed by atoms with van der Waals surface area (Å²) in [5.74, 6) is 1.70. The number of aromatic nitrogens is 2. The molecule has 140 valence electrons. The van der Waals surface area contributed by atoms with Crippen molar-refractivity contribution >= 4 is 16.8 Å². The summed E-state index contributed by atoms with van der Waals surface area (Å²) in [6.45, 7) is 0.341. The molecule has 0 radical (unpaired) electrons. The van der Waals surface area contributed by atoms with Crippen LogP contribution in [0.3, 0.4) is 0 Å². The monoisotopic (exact) mass is 367 g/mol. The van der Waals surface area contributed by atoms with Gasteiger partial charge in [0.1, 0.15) is 17.3 Å². The first-order valence-electron chi connectivity index (χ1n) is 8.56. The number of aromatic amines is 1. The summed E-state index contributed by atoms with van der Waals surface area (Å²) in [5, 5.41) is 3.39. The Kier molecular flexibility index (Phi) is 5.71. The number of rotatable bonds is 7. The van der Waals surface area contributed by atoms with E-state index < -0.39 is 0 Å². The number of amides is 1. The van der Waals surface area contributed by atoms with Crippen molar-refractivity contribution in [1.82, 2.24) is 15.3 Å². The second-order valence-electron chi connectivity index (χ2n) is 5.98. The number of hydrogen-bond donors (Lipinski definition) is 2. The Morgan fingerprint density at radius 1 is 1.15 bits per heavy atom. The fourth-order valence-corrected chi connectivity index (χ4v) is 2.77. The Labute approximate surface area is 156 Å². The molecule has 0 aliphatic heterocycles. The van der Waals surface area contributed by atoms with Crippen LogP contribution >= 0.6 is 0 Å². The van der Waals surface area contributed by atoms with Crippen LogP contribution in [0, 0.1) is 0 Å². The maximum atomic E-state index is 12.2. The van der Waals surface area contributed by atoms with Crippen LogP contribution in [0.2, 0.25) is 0 Å². The Morgan fingerprint density at radius 3 is 2.74 bits per heavy atom. The molecule has 2 N–H and O–H groups in total. The van der Waals surface area contributed by atoms with Crippen LogP contribution in [0.4, 0.5) is 0 Å². The number of methoxy groups -OCH3 is 2. The van der Waals surface area contributed by atoms with E-state index in [1.807, 2.05) is 18.2 Å². The minimum absolute atomic E-state index is 0.135. The summed E-state index contributed by atoms with van der Waals surface area (Å²) in [6.07, 6.45) is 0.575. The Hall–Kier alpha value is -3.35. The van der Waals surface area contributed by atoms with Gasteiger partial charge >= 0.3 is 0 Å². The van der Waals surface area contributed by atoms with Gasteiger partial charge in [0.15, 0.2) is 0 Å². The molecular formula is C20H21N3O4. The van der Waals surface area contributed by atoms with Gasteiger partial charge < -0.3 is 19.8 Å². The average molecular weight is 367 g/mol. The fourth-order valence-electron chi connectivity index (χ4n) is 2.77. The molecule has 0 bridgehead atoms. The smallest absolute Gasteiger partial charge is 0.258 e. The summed E-state index contributed by atoms with van der Waals surface area (Å²) in [7, 11) is 3.16. The fraction of sp³-hybridized carbons (Fsp3) is 0.250. The molecule has 1 heterocycles. The highest BCUT2D eigenvalue weighted by Crippen LogP contribution is 2.24. The van der Waals surface area contributed by atoms with Gasteiger partial charge in [-0.2, -0.15) is 0 Å². The van der Waals surface area contributed by atoms with E-state index in [9.17, 15) is 9.59 Å². The first-order chi connectivity index (χ1) is 13.1. The van der Waals surface area contributed by atoms with Gasteiger partial charge in [-0.1, -0.05) is 12.1 Å². The number of benzene rings is 2. The second-order valence-corrected chi connectivity index (χ2v) is 5.98. The quantitative estimate of drug-likeness (QED) is 0.668. The molecule has 0 fully saturated rings. The molecule has 1 amide bonds. The first-order valence-corrected chi connectivity index (χ1v) is 8.56. The molecule has 0 saturated carbocycles. The third-order valence-electron chi connectivity index (χ3n) is 4.22. The molecule has 7 heteroatoms. The first kappa shape index (κ1) is 18.4. The summed E-state index contributed by atoms with van der Waals surface area (Å²) >= 11 is 0. The number of aryl methyl sites for hydroxylation is 1. The van der Waals surface area contributed by atoms with Crippen LogP contribution < -0.4 is 20.3 Å². The van der Waals surface area contributed by atoms with Gasteiger partial charge in [0.05, 0.1) is 25.1 Å². The molecule has 0 spiro atoms. The van der Waals surface area contributed by atoms with Gasteiger partial charge in [0.25, 0.3) is 5.56 Å². The van der Waals surface area contributed by atoms with Crippen LogP contribution in [-0.4, -0.2) is 30.1 Å². The van der Waals surface area contributed by atoms with Crippen LogP contribution in [-0.2, 0) is 17.8 Å². The van der Waals surface area contributed by atoms with Gasteiger partial charge in [-0.3, -0.25) is 9.59 Å². The molecule has 0 unspecified atom stereocenters. The third-order valence-corrected chi connectivity index (χ3v) is 4.22. The minimum Gasteiger partial charge on any atom is -0.497 e. The van der Waals surface area contributed by atoms with Crippen molar-refractivity contribution in [1.29, 1.82) is 0 Å². The third kappa shape index (κ3) is 4.44. The van der Waals surface area contributed by atoms with Crippen molar-refractivity contribution in [3.8, 4) is 11.5 Å². The Bertz CT molecular complexity index is 1010. The van der Waals surface area contributed by atoms with Gasteiger partial charge in [-0.25, -0.2) is 4.98 Å². The SMILES string of the molecule is COc1ccc(CNC(=O)CCc2nc3ccccc3c(=O)[nH]2)c(OC)c1. The van der Waals surface area contributed by atoms with E-state index in [0.717, 1.165) is 5.56 Å². The largest absolute Gasteiger partial charge is 0.497 e. The van der Waals surface area contributed by atoms with E-state index in [0.29, 0.717) is 41.2 Å². The number of ether oxygens (including phenoxy) is 2. The molecule has 2 aromatic carbocycles. The number of H-pyrrole nitrogens is 1. The lowest BCUT2D eigenvalue weighted by molar-refractivity contribution is -0.121. The Morgan fingerprint density at radius 2 is 1.96 bits per heavy atom. The molecule has 0 aliphatic carbocycles. The van der Waals surface area contributed by atoms with Crippen molar-refractivity contribution in [3.05, 3.63) is 64.2 Å². The van der Waals surface area contributed by atoms with Crippen molar-refractivity contribution in [2.24, 2.45) is 0 Å². The minimum atomic E-state index is -0.195. The van der Waals surface area contributed by atoms with Gasteiger partial charge in [-0.15, -0.1) is 0 Å². The van der Waals surface area contributed by atoms with Crippen molar-refractivity contribution in [3.63, 3.8) is 0 Å². The van der Waals surface area contributed by atoms with Crippen molar-refractivity contribution in [2.45, 2.75) is 19.4 Å². The van der Waals surface area contributed by atoms with E-state index in [2.05, 4.69) is 15.3 Å². The highest BCUT2D eigenvalue weighted by Gasteiger charge is 2.09. The van der Waals surface area contributed by atoms with Gasteiger partial charge in [0.2, 0.25) is 5.91 Å². The lowest BCUT2D eigenvalue weighted by Crippen LogP contribution is -2.24. The lowest BCUT2D eigenvalue weighted by Gasteiger charge is -2.11. The molecule has 0 saturated heterocycles. The standard InChI is InChI=1S/C20H21N3O4/c1-26-14-8-7-13(17(11-14)27-2)12-21-19(24)10-9-18-22-16-6-4-3-5-15(16)20(25)23-18/h3-8,11H,9-10,12H2,1-2H3,(H,21,24)(H,22,23,25). The van der Waals surface area contributed by atoms with E-state index in [4.69, 9.17) is 9.47 Å². The molecular weight excluding hydrogens is 346 g/mol. The summed E-state index contributed by atoms with van der Waals surface area (Å²) < 4.78 is 10.5. The molecule has 0 atom stereocenters. The summed E-state index contributed by atoms with van der Waals surface area (Å²) in [5.41, 5.74) is 1.28. The van der Waals surface area contributed by atoms with E-state index in [1.54, 1.807) is 38.5 Å². The number of nitrogens with zero attached hydrogens (tertiary/aromatic N) is 1. The normalized spacial score (nSPS) is 10.6. The second kappa shape index (κ2) is 8.35. The van der Waals surface area contributed by atoms with E-state index in [1.165, 1.54) is 0 Å². The highest BCUT2D eigenvalue weighted by molar-refractivity contribution is 5.78. The van der Waals surface area contributed by atoms with Crippen LogP contribution in [0.25, 0.3) is 10.9 Å². The van der Waals surface area contributed by atoms with Gasteiger partial charge in [-0.05, 0) is 24.3 Å². The number of carbonyl (C=O) groups is 1. The van der Waals surface area contributed by atoms with Gasteiger partial charge in [0, 0.05) is 31.0 Å². The van der Waals surface area contributed by atoms with Crippen LogP contribution in [0.5, 0.6) is 11.5 Å². The summed E-state index contributed by atoms with van der Waals surface area (Å²) in [6, 6.07) is 12.6. The lowest BCUT2D eigenvalue weighted by atomic mass is 10.2. The zero-order chi connectivity index (χ0) is 19.2. The topological polar surface area (TPSA) is 93.3 Å². The van der Waals surface area contributed by atoms with Crippen molar-refractivity contribution < 1.29 is 14.3 Å².